The van der Waals surface area contributed by atoms with E-state index in [1.807, 2.05) is 0 Å². The van der Waals surface area contributed by atoms with Gasteiger partial charge in [0.25, 0.3) is 0 Å². The molecule has 1 N–H and O–H groups in total. The van der Waals surface area contributed by atoms with Crippen molar-refractivity contribution >= 4 is 5.71 Å². The Bertz CT molecular complexity index is 381. The maximum absolute atomic E-state index is 12.3. The van der Waals surface area contributed by atoms with E-state index in [4.69, 9.17) is 5.21 Å². The van der Waals surface area contributed by atoms with Crippen molar-refractivity contribution in [1.82, 2.24) is 0 Å². The van der Waals surface area contributed by atoms with Gasteiger partial charge < -0.3 is 5.21 Å². The Morgan fingerprint density at radius 1 is 1.25 bits per heavy atom. The Hall–Kier alpha value is -1.52. The first-order chi connectivity index (χ1) is 7.36. The molecule has 0 aliphatic heterocycles. The second kappa shape index (κ2) is 4.55. The molecule has 16 heavy (non-hydrogen) atoms. The molecular weight excluding hydrogens is 219 g/mol. The highest BCUT2D eigenvalue weighted by Crippen LogP contribution is 2.30. The summed E-state index contributed by atoms with van der Waals surface area (Å²) in [5.41, 5.74) is 0.463. The maximum atomic E-state index is 12.3. The van der Waals surface area contributed by atoms with Crippen LogP contribution in [-0.4, -0.2) is 10.9 Å². The number of hydrogen-bond donors (Lipinski definition) is 1. The smallest absolute Gasteiger partial charge is 0.411 e. The standard InChI is InChI=1S/C11H12F3NO/c1-7(8(2)15-16)9-3-5-10(6-4-9)11(12,13)14/h3-7,16H,1-2H3/b15-8+. The summed E-state index contributed by atoms with van der Waals surface area (Å²) >= 11 is 0. The molecule has 0 saturated heterocycles. The van der Waals surface area contributed by atoms with Crippen molar-refractivity contribution in [2.24, 2.45) is 5.16 Å². The molecule has 0 heterocycles. The third kappa shape index (κ3) is 2.74. The highest BCUT2D eigenvalue weighted by molar-refractivity contribution is 5.87. The zero-order valence-electron chi connectivity index (χ0n) is 8.92. The normalized spacial score (nSPS) is 14.9. The van der Waals surface area contributed by atoms with Crippen LogP contribution < -0.4 is 0 Å². The number of halogens is 3. The van der Waals surface area contributed by atoms with Crippen molar-refractivity contribution < 1.29 is 18.4 Å². The van der Waals surface area contributed by atoms with Crippen LogP contribution in [0.1, 0.15) is 30.9 Å². The lowest BCUT2D eigenvalue weighted by molar-refractivity contribution is -0.137. The molecule has 88 valence electrons. The SMILES string of the molecule is C/C(=N\O)C(C)c1ccc(C(F)(F)F)cc1. The van der Waals surface area contributed by atoms with Gasteiger partial charge in [0.2, 0.25) is 0 Å². The van der Waals surface area contributed by atoms with Crippen LogP contribution in [-0.2, 0) is 6.18 Å². The van der Waals surface area contributed by atoms with Crippen molar-refractivity contribution in [2.45, 2.75) is 25.9 Å². The van der Waals surface area contributed by atoms with E-state index in [9.17, 15) is 13.2 Å². The molecule has 1 aromatic carbocycles. The van der Waals surface area contributed by atoms with Crippen molar-refractivity contribution in [2.75, 3.05) is 0 Å². The van der Waals surface area contributed by atoms with E-state index in [1.54, 1.807) is 13.8 Å². The number of oxime groups is 1. The summed E-state index contributed by atoms with van der Waals surface area (Å²) in [5.74, 6) is -0.202. The molecule has 5 heteroatoms. The Labute approximate surface area is 91.4 Å². The zero-order valence-corrected chi connectivity index (χ0v) is 8.92. The van der Waals surface area contributed by atoms with Gasteiger partial charge in [0.1, 0.15) is 0 Å². The molecule has 0 spiro atoms. The minimum Gasteiger partial charge on any atom is -0.411 e. The predicted octanol–water partition coefficient (Wildman–Crippen LogP) is 3.66. The largest absolute Gasteiger partial charge is 0.416 e. The number of nitrogens with zero attached hydrogens (tertiary/aromatic N) is 1. The number of rotatable bonds is 2. The number of alkyl halides is 3. The summed E-state index contributed by atoms with van der Waals surface area (Å²) in [5, 5.41) is 11.6. The predicted molar refractivity (Wildman–Crippen MR) is 54.8 cm³/mol. The van der Waals surface area contributed by atoms with Gasteiger partial charge in [0, 0.05) is 5.92 Å². The van der Waals surface area contributed by atoms with Crippen LogP contribution in [0.2, 0.25) is 0 Å². The van der Waals surface area contributed by atoms with Crippen LogP contribution in [0.15, 0.2) is 29.4 Å². The first kappa shape index (κ1) is 12.5. The van der Waals surface area contributed by atoms with Crippen LogP contribution in [0.5, 0.6) is 0 Å². The summed E-state index contributed by atoms with van der Waals surface area (Å²) in [6.07, 6.45) is -4.32. The molecular formula is C11H12F3NO. The van der Waals surface area contributed by atoms with Crippen LogP contribution in [0.3, 0.4) is 0 Å². The summed E-state index contributed by atoms with van der Waals surface area (Å²) in [4.78, 5) is 0. The minimum atomic E-state index is -4.32. The third-order valence-electron chi connectivity index (χ3n) is 2.52. The topological polar surface area (TPSA) is 32.6 Å². The van der Waals surface area contributed by atoms with Crippen LogP contribution in [0, 0.1) is 0 Å². The fourth-order valence-corrected chi connectivity index (χ4v) is 1.29. The van der Waals surface area contributed by atoms with Gasteiger partial charge in [-0.2, -0.15) is 13.2 Å². The molecule has 0 fully saturated rings. The molecule has 0 aromatic heterocycles. The molecule has 1 rings (SSSR count). The second-order valence-corrected chi connectivity index (χ2v) is 3.58. The average Bonchev–Trinajstić information content (AvgIpc) is 2.26. The van der Waals surface area contributed by atoms with E-state index in [-0.39, 0.29) is 5.92 Å². The van der Waals surface area contributed by atoms with Gasteiger partial charge in [-0.25, -0.2) is 0 Å². The summed E-state index contributed by atoms with van der Waals surface area (Å²) < 4.78 is 36.8. The van der Waals surface area contributed by atoms with E-state index in [0.717, 1.165) is 12.1 Å². The van der Waals surface area contributed by atoms with Gasteiger partial charge in [-0.3, -0.25) is 0 Å². The summed E-state index contributed by atoms with van der Waals surface area (Å²) in [6.45, 7) is 3.37. The Morgan fingerprint density at radius 3 is 2.12 bits per heavy atom. The lowest BCUT2D eigenvalue weighted by atomic mass is 9.96. The van der Waals surface area contributed by atoms with Crippen molar-refractivity contribution in [3.63, 3.8) is 0 Å². The lowest BCUT2D eigenvalue weighted by Crippen LogP contribution is -2.07. The maximum Gasteiger partial charge on any atom is 0.416 e. The Kier molecular flexibility index (Phi) is 3.57. The van der Waals surface area contributed by atoms with E-state index >= 15 is 0 Å². The molecule has 1 atom stereocenters. The van der Waals surface area contributed by atoms with Gasteiger partial charge in [0.05, 0.1) is 11.3 Å². The van der Waals surface area contributed by atoms with Gasteiger partial charge >= 0.3 is 6.18 Å². The molecule has 1 aromatic rings. The lowest BCUT2D eigenvalue weighted by Gasteiger charge is -2.12. The Balaban J connectivity index is 2.96. The highest BCUT2D eigenvalue weighted by atomic mass is 19.4. The van der Waals surface area contributed by atoms with Crippen LogP contribution in [0.25, 0.3) is 0 Å². The minimum absolute atomic E-state index is 0.202. The highest BCUT2D eigenvalue weighted by Gasteiger charge is 2.30. The fourth-order valence-electron chi connectivity index (χ4n) is 1.29. The molecule has 0 radical (unpaired) electrons. The quantitative estimate of drug-likeness (QED) is 0.470. The van der Waals surface area contributed by atoms with E-state index in [2.05, 4.69) is 5.16 Å². The van der Waals surface area contributed by atoms with Crippen molar-refractivity contribution in [3.05, 3.63) is 35.4 Å². The molecule has 0 saturated carbocycles. The summed E-state index contributed by atoms with van der Waals surface area (Å²) in [7, 11) is 0. The third-order valence-corrected chi connectivity index (χ3v) is 2.52. The molecule has 2 nitrogen and oxygen atoms in total. The van der Waals surface area contributed by atoms with Crippen molar-refractivity contribution in [3.8, 4) is 0 Å². The van der Waals surface area contributed by atoms with Crippen LogP contribution >= 0.6 is 0 Å². The number of hydrogen-bond acceptors (Lipinski definition) is 2. The number of benzene rings is 1. The van der Waals surface area contributed by atoms with Crippen molar-refractivity contribution in [1.29, 1.82) is 0 Å². The molecule has 0 aliphatic rings. The van der Waals surface area contributed by atoms with Gasteiger partial charge in [-0.1, -0.05) is 24.2 Å². The van der Waals surface area contributed by atoms with Gasteiger partial charge in [-0.15, -0.1) is 0 Å². The fraction of sp³-hybridized carbons (Fsp3) is 0.364. The van der Waals surface area contributed by atoms with Crippen LogP contribution in [0.4, 0.5) is 13.2 Å². The molecule has 0 aliphatic carbocycles. The monoisotopic (exact) mass is 231 g/mol. The summed E-state index contributed by atoms with van der Waals surface area (Å²) in [6, 6.07) is 4.83. The molecule has 1 unspecified atom stereocenters. The first-order valence-electron chi connectivity index (χ1n) is 4.72. The molecule has 0 bridgehead atoms. The molecule has 0 amide bonds. The second-order valence-electron chi connectivity index (χ2n) is 3.58. The van der Waals surface area contributed by atoms with E-state index in [1.165, 1.54) is 12.1 Å². The van der Waals surface area contributed by atoms with Gasteiger partial charge in [0.15, 0.2) is 0 Å². The van der Waals surface area contributed by atoms with E-state index < -0.39 is 11.7 Å². The van der Waals surface area contributed by atoms with Gasteiger partial charge in [-0.05, 0) is 24.6 Å². The average molecular weight is 231 g/mol. The first-order valence-corrected chi connectivity index (χ1v) is 4.72. The Morgan fingerprint density at radius 2 is 1.75 bits per heavy atom. The van der Waals surface area contributed by atoms with E-state index in [0.29, 0.717) is 11.3 Å². The zero-order chi connectivity index (χ0) is 12.3.